The van der Waals surface area contributed by atoms with Crippen LogP contribution in [0.15, 0.2) is 0 Å². The fourth-order valence-electron chi connectivity index (χ4n) is 2.53. The summed E-state index contributed by atoms with van der Waals surface area (Å²) < 4.78 is 11.7. The van der Waals surface area contributed by atoms with Gasteiger partial charge in [-0.1, -0.05) is 6.42 Å². The van der Waals surface area contributed by atoms with E-state index < -0.39 is 10.8 Å². The summed E-state index contributed by atoms with van der Waals surface area (Å²) >= 11 is 0. The van der Waals surface area contributed by atoms with Crippen LogP contribution < -0.4 is 10.6 Å². The number of hydrogen-bond acceptors (Lipinski definition) is 3. The van der Waals surface area contributed by atoms with Crippen LogP contribution in [0.3, 0.4) is 0 Å². The van der Waals surface area contributed by atoms with Gasteiger partial charge >= 0.3 is 6.03 Å². The Balaban J connectivity index is 2.26. The van der Waals surface area contributed by atoms with E-state index in [-0.39, 0.29) is 16.3 Å². The van der Waals surface area contributed by atoms with Gasteiger partial charge in [0.05, 0.1) is 0 Å². The van der Waals surface area contributed by atoms with E-state index in [1.807, 2.05) is 20.8 Å². The maximum absolute atomic E-state index is 11.9. The third-order valence-corrected chi connectivity index (χ3v) is 6.09. The molecule has 130 valence electrons. The fourth-order valence-corrected chi connectivity index (χ4v) is 3.43. The molecule has 1 heterocycles. The highest BCUT2D eigenvalue weighted by Gasteiger charge is 2.28. The lowest BCUT2D eigenvalue weighted by Crippen LogP contribution is -2.54. The summed E-state index contributed by atoms with van der Waals surface area (Å²) in [5, 5.41) is 5.74. The summed E-state index contributed by atoms with van der Waals surface area (Å²) in [6.45, 7) is 13.5. The molecule has 1 saturated heterocycles. The normalized spacial score (nSPS) is 18.8. The number of urea groups is 1. The minimum absolute atomic E-state index is 0.0218. The van der Waals surface area contributed by atoms with Gasteiger partial charge < -0.3 is 10.6 Å². The van der Waals surface area contributed by atoms with E-state index in [4.69, 9.17) is 0 Å². The van der Waals surface area contributed by atoms with Crippen LogP contribution in [0, 0.1) is 0 Å². The fraction of sp³-hybridized carbons (Fsp3) is 0.938. The molecule has 0 bridgehead atoms. The Hall–Kier alpha value is -0.620. The van der Waals surface area contributed by atoms with E-state index in [0.29, 0.717) is 18.8 Å². The number of nitrogens with one attached hydrogen (secondary N) is 2. The predicted molar refractivity (Wildman–Crippen MR) is 93.7 cm³/mol. The molecule has 0 aliphatic carbocycles. The molecule has 1 aliphatic heterocycles. The second-order valence-corrected chi connectivity index (χ2v) is 9.96. The first-order chi connectivity index (χ1) is 10.1. The number of amides is 2. The van der Waals surface area contributed by atoms with Gasteiger partial charge in [-0.25, -0.2) is 4.79 Å². The molecule has 0 spiro atoms. The Kier molecular flexibility index (Phi) is 7.32. The molecule has 0 saturated carbocycles. The molecule has 0 aromatic rings. The topological polar surface area (TPSA) is 61.4 Å². The lowest BCUT2D eigenvalue weighted by atomic mass is 9.98. The van der Waals surface area contributed by atoms with Crippen LogP contribution in [0.25, 0.3) is 0 Å². The lowest BCUT2D eigenvalue weighted by molar-refractivity contribution is 0.0960. The maximum Gasteiger partial charge on any atom is 0.314 e. The quantitative estimate of drug-likeness (QED) is 0.783. The van der Waals surface area contributed by atoms with E-state index in [0.717, 1.165) is 13.1 Å². The molecular weight excluding hydrogens is 298 g/mol. The first-order valence-electron chi connectivity index (χ1n) is 8.28. The van der Waals surface area contributed by atoms with Crippen LogP contribution in [0.2, 0.25) is 0 Å². The van der Waals surface area contributed by atoms with Gasteiger partial charge in [-0.2, -0.15) is 0 Å². The minimum Gasteiger partial charge on any atom is -0.337 e. The molecule has 1 rings (SSSR count). The Morgan fingerprint density at radius 3 is 2.18 bits per heavy atom. The maximum atomic E-state index is 11.9. The highest BCUT2D eigenvalue weighted by atomic mass is 32.2. The van der Waals surface area contributed by atoms with Crippen molar-refractivity contribution in [2.24, 2.45) is 0 Å². The van der Waals surface area contributed by atoms with E-state index in [2.05, 4.69) is 29.4 Å². The van der Waals surface area contributed by atoms with Gasteiger partial charge in [-0.05, 0) is 60.5 Å². The Labute approximate surface area is 138 Å². The zero-order valence-corrected chi connectivity index (χ0v) is 15.6. The molecule has 1 fully saturated rings. The lowest BCUT2D eigenvalue weighted by Gasteiger charge is -2.41. The molecule has 2 amide bonds. The summed E-state index contributed by atoms with van der Waals surface area (Å²) in [4.78, 5) is 14.3. The number of likely N-dealkylation sites (tertiary alicyclic amines) is 1. The van der Waals surface area contributed by atoms with Crippen molar-refractivity contribution in [3.05, 3.63) is 0 Å². The van der Waals surface area contributed by atoms with Gasteiger partial charge in [-0.3, -0.25) is 9.11 Å². The molecule has 0 aromatic heterocycles. The Morgan fingerprint density at radius 1 is 1.05 bits per heavy atom. The van der Waals surface area contributed by atoms with E-state index in [1.165, 1.54) is 19.3 Å². The summed E-state index contributed by atoms with van der Waals surface area (Å²) in [5.41, 5.74) is -0.0218. The summed E-state index contributed by atoms with van der Waals surface area (Å²) in [5.74, 6) is 0.492. The molecule has 5 nitrogen and oxygen atoms in total. The molecule has 0 unspecified atom stereocenters. The number of hydrogen-bond donors (Lipinski definition) is 2. The van der Waals surface area contributed by atoms with Gasteiger partial charge in [-0.15, -0.1) is 0 Å². The van der Waals surface area contributed by atoms with E-state index >= 15 is 0 Å². The third-order valence-electron chi connectivity index (χ3n) is 4.15. The van der Waals surface area contributed by atoms with Crippen LogP contribution >= 0.6 is 0 Å². The number of nitrogens with zero attached hydrogens (tertiary/aromatic N) is 1. The molecule has 0 radical (unpaired) electrons. The van der Waals surface area contributed by atoms with Crippen molar-refractivity contribution in [2.45, 2.75) is 64.2 Å². The van der Waals surface area contributed by atoms with Crippen LogP contribution in [0.5, 0.6) is 0 Å². The largest absolute Gasteiger partial charge is 0.337 e. The van der Waals surface area contributed by atoms with Crippen LogP contribution in [-0.2, 0) is 10.8 Å². The average Bonchev–Trinajstić information content (AvgIpc) is 2.45. The minimum atomic E-state index is -0.929. The average molecular weight is 332 g/mol. The zero-order chi connectivity index (χ0) is 16.8. The molecule has 22 heavy (non-hydrogen) atoms. The number of rotatable bonds is 6. The number of carbonyl (C=O) groups excluding carboxylic acids is 1. The Bertz CT molecular complexity index is 385. The van der Waals surface area contributed by atoms with Crippen LogP contribution in [-0.4, -0.2) is 57.4 Å². The van der Waals surface area contributed by atoms with Crippen molar-refractivity contribution >= 4 is 16.8 Å². The van der Waals surface area contributed by atoms with Gasteiger partial charge in [0.1, 0.15) is 0 Å². The molecule has 6 heteroatoms. The van der Waals surface area contributed by atoms with Crippen molar-refractivity contribution in [2.75, 3.05) is 31.9 Å². The summed E-state index contributed by atoms with van der Waals surface area (Å²) in [6.07, 6.45) is 3.80. The first kappa shape index (κ1) is 19.4. The van der Waals surface area contributed by atoms with Crippen molar-refractivity contribution in [1.82, 2.24) is 15.5 Å². The van der Waals surface area contributed by atoms with Gasteiger partial charge in [0.2, 0.25) is 0 Å². The van der Waals surface area contributed by atoms with Crippen molar-refractivity contribution < 1.29 is 9.00 Å². The first-order valence-corrected chi connectivity index (χ1v) is 9.60. The van der Waals surface area contributed by atoms with E-state index in [9.17, 15) is 9.00 Å². The molecular formula is C16H33N3O2S. The van der Waals surface area contributed by atoms with Crippen molar-refractivity contribution in [1.29, 1.82) is 0 Å². The molecule has 1 aliphatic rings. The third kappa shape index (κ3) is 6.65. The van der Waals surface area contributed by atoms with Crippen LogP contribution in [0.1, 0.15) is 53.9 Å². The second-order valence-electron chi connectivity index (χ2n) is 7.63. The predicted octanol–water partition coefficient (Wildman–Crippen LogP) is 2.10. The monoisotopic (exact) mass is 331 g/mol. The SMILES string of the molecule is CC(C)(CNC(=O)NCC[S@@](=O)C(C)(C)C)N1CCCCC1. The standard InChI is InChI=1S/C16H33N3O2S/c1-15(2,3)22(21)12-9-17-14(20)18-13-16(4,5)19-10-7-6-8-11-19/h6-13H2,1-5H3,(H2,17,18,20)/t22-/m1/s1. The van der Waals surface area contributed by atoms with Gasteiger partial charge in [0, 0.05) is 39.9 Å². The van der Waals surface area contributed by atoms with Crippen molar-refractivity contribution in [3.8, 4) is 0 Å². The highest BCUT2D eigenvalue weighted by molar-refractivity contribution is 7.86. The number of piperidine rings is 1. The van der Waals surface area contributed by atoms with E-state index in [1.54, 1.807) is 0 Å². The summed E-state index contributed by atoms with van der Waals surface area (Å²) in [6, 6.07) is -0.170. The number of carbonyl (C=O) groups is 1. The second kappa shape index (κ2) is 8.29. The molecule has 2 N–H and O–H groups in total. The zero-order valence-electron chi connectivity index (χ0n) is 14.8. The molecule has 1 atom stereocenters. The van der Waals surface area contributed by atoms with Crippen molar-refractivity contribution in [3.63, 3.8) is 0 Å². The summed E-state index contributed by atoms with van der Waals surface area (Å²) in [7, 11) is -0.929. The molecule has 0 aromatic carbocycles. The van der Waals surface area contributed by atoms with Gasteiger partial charge in [0.25, 0.3) is 0 Å². The van der Waals surface area contributed by atoms with Crippen LogP contribution in [0.4, 0.5) is 4.79 Å². The Morgan fingerprint density at radius 2 is 1.64 bits per heavy atom. The highest BCUT2D eigenvalue weighted by Crippen LogP contribution is 2.19. The smallest absolute Gasteiger partial charge is 0.314 e. The van der Waals surface area contributed by atoms with Gasteiger partial charge in [0.15, 0.2) is 0 Å².